The Morgan fingerprint density at radius 1 is 1.29 bits per heavy atom. The summed E-state index contributed by atoms with van der Waals surface area (Å²) in [5, 5.41) is 2.63. The summed E-state index contributed by atoms with van der Waals surface area (Å²) in [5.74, 6) is -0.572. The Morgan fingerprint density at radius 3 is 2.29 bits per heavy atom. The molecule has 3 N–H and O–H groups in total. The van der Waals surface area contributed by atoms with E-state index in [2.05, 4.69) is 10.1 Å². The van der Waals surface area contributed by atoms with Crippen LogP contribution < -0.4 is 15.8 Å². The first-order valence-electron chi connectivity index (χ1n) is 6.58. The Kier molecular flexibility index (Phi) is 6.02. The van der Waals surface area contributed by atoms with Gasteiger partial charge in [-0.1, -0.05) is 13.8 Å². The molecule has 0 saturated carbocycles. The molecule has 0 bridgehead atoms. The van der Waals surface area contributed by atoms with Gasteiger partial charge in [-0.15, -0.1) is 13.2 Å². The average Bonchev–Trinajstić information content (AvgIpc) is 2.36. The maximum atomic E-state index is 12.0. The predicted molar refractivity (Wildman–Crippen MR) is 73.8 cm³/mol. The lowest BCUT2D eigenvalue weighted by atomic mass is 9.96. The quantitative estimate of drug-likeness (QED) is 0.848. The van der Waals surface area contributed by atoms with Crippen molar-refractivity contribution in [2.45, 2.75) is 26.6 Å². The molecule has 1 aromatic carbocycles. The number of carbonyl (C=O) groups is 1. The zero-order valence-corrected chi connectivity index (χ0v) is 11.9. The lowest BCUT2D eigenvalue weighted by molar-refractivity contribution is -0.274. The van der Waals surface area contributed by atoms with Gasteiger partial charge in [-0.05, 0) is 36.6 Å². The highest BCUT2D eigenvalue weighted by atomic mass is 19.4. The molecule has 0 aliphatic carbocycles. The molecule has 0 aromatic heterocycles. The van der Waals surface area contributed by atoms with E-state index in [1.807, 2.05) is 13.8 Å². The average molecular weight is 304 g/mol. The van der Waals surface area contributed by atoms with Crippen LogP contribution in [0.15, 0.2) is 24.3 Å². The summed E-state index contributed by atoms with van der Waals surface area (Å²) in [5.41, 5.74) is 5.96. The number of hydrogen-bond donors (Lipinski definition) is 2. The lowest BCUT2D eigenvalue weighted by Gasteiger charge is -2.17. The molecular weight excluding hydrogens is 285 g/mol. The van der Waals surface area contributed by atoms with Crippen molar-refractivity contribution < 1.29 is 22.7 Å². The van der Waals surface area contributed by atoms with Gasteiger partial charge in [0.15, 0.2) is 0 Å². The second-order valence-electron chi connectivity index (χ2n) is 5.12. The van der Waals surface area contributed by atoms with E-state index in [1.165, 1.54) is 12.1 Å². The summed E-state index contributed by atoms with van der Waals surface area (Å²) in [6.45, 7) is 4.19. The largest absolute Gasteiger partial charge is 0.573 e. The normalized spacial score (nSPS) is 13.1. The number of benzene rings is 1. The fourth-order valence-electron chi connectivity index (χ4n) is 1.86. The number of carbonyl (C=O) groups excluding carboxylic acids is 1. The summed E-state index contributed by atoms with van der Waals surface area (Å²) in [6.07, 6.45) is -4.08. The Hall–Kier alpha value is -1.76. The van der Waals surface area contributed by atoms with Crippen molar-refractivity contribution in [3.05, 3.63) is 24.3 Å². The van der Waals surface area contributed by atoms with Crippen molar-refractivity contribution in [2.24, 2.45) is 17.6 Å². The number of anilines is 1. The minimum atomic E-state index is -4.73. The molecule has 1 aromatic rings. The molecule has 4 nitrogen and oxygen atoms in total. The van der Waals surface area contributed by atoms with Gasteiger partial charge in [0.05, 0.1) is 5.92 Å². The van der Waals surface area contributed by atoms with Gasteiger partial charge in [0.2, 0.25) is 5.91 Å². The van der Waals surface area contributed by atoms with E-state index in [9.17, 15) is 18.0 Å². The van der Waals surface area contributed by atoms with E-state index in [-0.39, 0.29) is 24.1 Å². The Bertz CT molecular complexity index is 458. The van der Waals surface area contributed by atoms with E-state index in [4.69, 9.17) is 5.73 Å². The predicted octanol–water partition coefficient (Wildman–Crippen LogP) is 3.14. The number of halogens is 3. The van der Waals surface area contributed by atoms with Gasteiger partial charge in [0.25, 0.3) is 0 Å². The summed E-state index contributed by atoms with van der Waals surface area (Å²) in [6, 6.07) is 4.98. The van der Waals surface area contributed by atoms with Crippen LogP contribution in [0.2, 0.25) is 0 Å². The minimum Gasteiger partial charge on any atom is -0.406 e. The Labute approximate surface area is 121 Å². The Balaban J connectivity index is 2.64. The molecule has 0 aliphatic heterocycles. The molecule has 0 aliphatic rings. The molecular formula is C14H19F3N2O2. The van der Waals surface area contributed by atoms with Gasteiger partial charge in [0.1, 0.15) is 5.75 Å². The van der Waals surface area contributed by atoms with Crippen LogP contribution in [0.1, 0.15) is 20.3 Å². The van der Waals surface area contributed by atoms with E-state index in [1.54, 1.807) is 0 Å². The van der Waals surface area contributed by atoms with Gasteiger partial charge in [-0.25, -0.2) is 0 Å². The van der Waals surface area contributed by atoms with Crippen molar-refractivity contribution in [1.82, 2.24) is 0 Å². The molecule has 0 fully saturated rings. The van der Waals surface area contributed by atoms with E-state index < -0.39 is 6.36 Å². The monoisotopic (exact) mass is 304 g/mol. The lowest BCUT2D eigenvalue weighted by Crippen LogP contribution is -2.30. The summed E-state index contributed by atoms with van der Waals surface area (Å²) >= 11 is 0. The maximum absolute atomic E-state index is 12.0. The number of ether oxygens (including phenoxy) is 1. The molecule has 0 heterocycles. The third-order valence-electron chi connectivity index (χ3n) is 2.77. The molecule has 1 amide bonds. The molecule has 1 unspecified atom stereocenters. The number of rotatable bonds is 6. The summed E-state index contributed by atoms with van der Waals surface area (Å²) in [4.78, 5) is 12.0. The van der Waals surface area contributed by atoms with Crippen molar-refractivity contribution >= 4 is 11.6 Å². The van der Waals surface area contributed by atoms with Crippen molar-refractivity contribution in [2.75, 3.05) is 11.9 Å². The van der Waals surface area contributed by atoms with Crippen LogP contribution in [-0.2, 0) is 4.79 Å². The number of alkyl halides is 3. The van der Waals surface area contributed by atoms with E-state index >= 15 is 0 Å². The molecule has 0 radical (unpaired) electrons. The van der Waals surface area contributed by atoms with Crippen LogP contribution in [0.4, 0.5) is 18.9 Å². The van der Waals surface area contributed by atoms with Gasteiger partial charge in [0, 0.05) is 12.2 Å². The van der Waals surface area contributed by atoms with Crippen molar-refractivity contribution in [3.63, 3.8) is 0 Å². The van der Waals surface area contributed by atoms with E-state index in [0.717, 1.165) is 12.1 Å². The van der Waals surface area contributed by atoms with E-state index in [0.29, 0.717) is 18.0 Å². The first-order chi connectivity index (χ1) is 9.71. The number of nitrogens with one attached hydrogen (secondary N) is 1. The number of hydrogen-bond acceptors (Lipinski definition) is 3. The summed E-state index contributed by atoms with van der Waals surface area (Å²) in [7, 11) is 0. The third-order valence-corrected chi connectivity index (χ3v) is 2.77. The van der Waals surface area contributed by atoms with Crippen LogP contribution in [0.25, 0.3) is 0 Å². The van der Waals surface area contributed by atoms with Gasteiger partial charge < -0.3 is 15.8 Å². The first kappa shape index (κ1) is 17.3. The van der Waals surface area contributed by atoms with Crippen LogP contribution >= 0.6 is 0 Å². The highest BCUT2D eigenvalue weighted by Crippen LogP contribution is 2.24. The fourth-order valence-corrected chi connectivity index (χ4v) is 1.86. The zero-order valence-electron chi connectivity index (χ0n) is 11.9. The van der Waals surface area contributed by atoms with Gasteiger partial charge in [-0.2, -0.15) is 0 Å². The summed E-state index contributed by atoms with van der Waals surface area (Å²) < 4.78 is 39.8. The maximum Gasteiger partial charge on any atom is 0.573 e. The Morgan fingerprint density at radius 2 is 1.86 bits per heavy atom. The van der Waals surface area contributed by atoms with Gasteiger partial charge >= 0.3 is 6.36 Å². The van der Waals surface area contributed by atoms with Crippen molar-refractivity contribution in [3.8, 4) is 5.75 Å². The fraction of sp³-hybridized carbons (Fsp3) is 0.500. The second kappa shape index (κ2) is 7.31. The molecule has 21 heavy (non-hydrogen) atoms. The number of nitrogens with two attached hydrogens (primary N) is 1. The second-order valence-corrected chi connectivity index (χ2v) is 5.12. The van der Waals surface area contributed by atoms with Gasteiger partial charge in [-0.3, -0.25) is 4.79 Å². The van der Waals surface area contributed by atoms with Crippen LogP contribution in [0, 0.1) is 11.8 Å². The first-order valence-corrected chi connectivity index (χ1v) is 6.58. The highest BCUT2D eigenvalue weighted by molar-refractivity contribution is 5.92. The molecule has 0 spiro atoms. The smallest absolute Gasteiger partial charge is 0.406 e. The molecule has 1 atom stereocenters. The molecule has 118 valence electrons. The topological polar surface area (TPSA) is 64.4 Å². The third kappa shape index (κ3) is 6.48. The van der Waals surface area contributed by atoms with Crippen molar-refractivity contribution in [1.29, 1.82) is 0 Å². The molecule has 7 heteroatoms. The zero-order chi connectivity index (χ0) is 16.0. The molecule has 0 saturated heterocycles. The minimum absolute atomic E-state index is 0.222. The number of amides is 1. The van der Waals surface area contributed by atoms with Crippen LogP contribution in [0.5, 0.6) is 5.75 Å². The van der Waals surface area contributed by atoms with Crippen LogP contribution in [-0.4, -0.2) is 18.8 Å². The molecule has 1 rings (SSSR count). The highest BCUT2D eigenvalue weighted by Gasteiger charge is 2.31. The standard InChI is InChI=1S/C14H19F3N2O2/c1-9(2)7-10(8-18)13(20)19-11-3-5-12(6-4-11)21-14(15,16)17/h3-6,9-10H,7-8,18H2,1-2H3,(H,19,20). The SMILES string of the molecule is CC(C)CC(CN)C(=O)Nc1ccc(OC(F)(F)F)cc1. The van der Waals surface area contributed by atoms with Crippen LogP contribution in [0.3, 0.4) is 0 Å².